The summed E-state index contributed by atoms with van der Waals surface area (Å²) < 4.78 is 15.3. The first-order chi connectivity index (χ1) is 10.9. The van der Waals surface area contributed by atoms with E-state index in [-0.39, 0.29) is 18.4 Å². The number of amides is 2. The Bertz CT molecular complexity index is 565. The molecule has 0 atom stereocenters. The molecule has 0 unspecified atom stereocenters. The van der Waals surface area contributed by atoms with E-state index in [0.29, 0.717) is 35.4 Å². The number of rotatable bonds is 8. The van der Waals surface area contributed by atoms with Crippen LogP contribution in [0.4, 0.5) is 5.69 Å². The number of benzene rings is 1. The number of hydrogen-bond donors (Lipinski definition) is 1. The van der Waals surface area contributed by atoms with Crippen molar-refractivity contribution in [3.63, 3.8) is 0 Å². The zero-order valence-electron chi connectivity index (χ0n) is 13.6. The number of carbonyl (C=O) groups is 2. The van der Waals surface area contributed by atoms with E-state index in [4.69, 9.17) is 25.8 Å². The van der Waals surface area contributed by atoms with E-state index in [0.717, 1.165) is 0 Å². The van der Waals surface area contributed by atoms with Gasteiger partial charge in [-0.15, -0.1) is 0 Å². The van der Waals surface area contributed by atoms with Gasteiger partial charge < -0.3 is 19.5 Å². The van der Waals surface area contributed by atoms with Gasteiger partial charge in [0, 0.05) is 32.7 Å². The van der Waals surface area contributed by atoms with Crippen molar-refractivity contribution in [2.24, 2.45) is 0 Å². The largest absolute Gasteiger partial charge is 0.495 e. The topological polar surface area (TPSA) is 77.1 Å². The molecule has 0 radical (unpaired) electrons. The molecule has 0 spiro atoms. The molecule has 128 valence electrons. The van der Waals surface area contributed by atoms with Gasteiger partial charge in [-0.2, -0.15) is 0 Å². The number of carbonyl (C=O) groups excluding carboxylic acids is 2. The van der Waals surface area contributed by atoms with Crippen LogP contribution in [0.25, 0.3) is 0 Å². The quantitative estimate of drug-likeness (QED) is 0.723. The molecule has 0 saturated heterocycles. The van der Waals surface area contributed by atoms with Crippen molar-refractivity contribution in [2.75, 3.05) is 45.9 Å². The average molecular weight is 345 g/mol. The third-order valence-corrected chi connectivity index (χ3v) is 3.35. The fourth-order valence-electron chi connectivity index (χ4n) is 1.91. The summed E-state index contributed by atoms with van der Waals surface area (Å²) in [7, 11) is 4.46. The fraction of sp³-hybridized carbons (Fsp3) is 0.467. The number of ether oxygens (including phenoxy) is 3. The minimum atomic E-state index is -0.312. The summed E-state index contributed by atoms with van der Waals surface area (Å²) in [5.41, 5.74) is 0.406. The molecule has 0 fully saturated rings. The van der Waals surface area contributed by atoms with Gasteiger partial charge in [-0.25, -0.2) is 0 Å². The minimum absolute atomic E-state index is 0.153. The molecule has 1 N–H and O–H groups in total. The summed E-state index contributed by atoms with van der Waals surface area (Å²) in [6, 6.07) is 3.10. The Balaban J connectivity index is 3.05. The van der Waals surface area contributed by atoms with Crippen molar-refractivity contribution >= 4 is 29.1 Å². The summed E-state index contributed by atoms with van der Waals surface area (Å²) in [4.78, 5) is 25.2. The van der Waals surface area contributed by atoms with Crippen molar-refractivity contribution in [1.29, 1.82) is 0 Å². The number of halogens is 1. The number of nitrogens with one attached hydrogen (secondary N) is 1. The number of methoxy groups -OCH3 is 3. The lowest BCUT2D eigenvalue weighted by atomic mass is 10.2. The first-order valence-electron chi connectivity index (χ1n) is 6.89. The van der Waals surface area contributed by atoms with Crippen molar-refractivity contribution in [2.45, 2.75) is 6.92 Å². The zero-order valence-corrected chi connectivity index (χ0v) is 14.4. The highest BCUT2D eigenvalue weighted by Gasteiger charge is 2.21. The third-order valence-electron chi connectivity index (χ3n) is 3.05. The van der Waals surface area contributed by atoms with Crippen LogP contribution in [-0.4, -0.2) is 52.8 Å². The molecule has 8 heteroatoms. The van der Waals surface area contributed by atoms with Crippen LogP contribution in [0.15, 0.2) is 12.1 Å². The normalized spacial score (nSPS) is 10.1. The van der Waals surface area contributed by atoms with Gasteiger partial charge in [-0.3, -0.25) is 14.5 Å². The highest BCUT2D eigenvalue weighted by molar-refractivity contribution is 6.32. The van der Waals surface area contributed by atoms with Crippen LogP contribution in [0.1, 0.15) is 6.92 Å². The average Bonchev–Trinajstić information content (AvgIpc) is 2.52. The van der Waals surface area contributed by atoms with Crippen molar-refractivity contribution in [3.05, 3.63) is 17.2 Å². The van der Waals surface area contributed by atoms with Crippen molar-refractivity contribution < 1.29 is 23.8 Å². The van der Waals surface area contributed by atoms with E-state index >= 15 is 0 Å². The van der Waals surface area contributed by atoms with Crippen LogP contribution in [0.2, 0.25) is 5.02 Å². The Labute approximate surface area is 140 Å². The fourth-order valence-corrected chi connectivity index (χ4v) is 2.14. The van der Waals surface area contributed by atoms with Crippen LogP contribution in [-0.2, 0) is 14.3 Å². The van der Waals surface area contributed by atoms with Gasteiger partial charge in [0.25, 0.3) is 0 Å². The summed E-state index contributed by atoms with van der Waals surface area (Å²) >= 11 is 6.05. The van der Waals surface area contributed by atoms with E-state index in [1.807, 2.05) is 0 Å². The molecule has 1 aromatic carbocycles. The van der Waals surface area contributed by atoms with Crippen molar-refractivity contribution in [1.82, 2.24) is 5.32 Å². The molecular formula is C15H21ClN2O5. The van der Waals surface area contributed by atoms with E-state index in [1.54, 1.807) is 13.2 Å². The molecule has 1 rings (SSSR count). The predicted molar refractivity (Wildman–Crippen MR) is 87.5 cm³/mol. The summed E-state index contributed by atoms with van der Waals surface area (Å²) in [5, 5.41) is 3.01. The second-order valence-electron chi connectivity index (χ2n) is 4.61. The van der Waals surface area contributed by atoms with Crippen LogP contribution < -0.4 is 19.7 Å². The van der Waals surface area contributed by atoms with E-state index < -0.39 is 0 Å². The van der Waals surface area contributed by atoms with E-state index in [9.17, 15) is 9.59 Å². The van der Waals surface area contributed by atoms with Crippen LogP contribution in [0, 0.1) is 0 Å². The molecule has 0 aliphatic rings. The molecule has 0 aliphatic heterocycles. The Morgan fingerprint density at radius 2 is 1.83 bits per heavy atom. The van der Waals surface area contributed by atoms with Gasteiger partial charge >= 0.3 is 0 Å². The predicted octanol–water partition coefficient (Wildman–Crippen LogP) is 1.47. The highest BCUT2D eigenvalue weighted by Crippen LogP contribution is 2.38. The van der Waals surface area contributed by atoms with E-state index in [1.165, 1.54) is 32.1 Å². The Kier molecular flexibility index (Phi) is 7.64. The SMILES string of the molecule is COCCNC(=O)CN(C(C)=O)c1cc(OC)c(Cl)cc1OC. The maximum absolute atomic E-state index is 12.0. The highest BCUT2D eigenvalue weighted by atomic mass is 35.5. The first kappa shape index (κ1) is 19.1. The molecule has 7 nitrogen and oxygen atoms in total. The smallest absolute Gasteiger partial charge is 0.240 e. The number of hydrogen-bond acceptors (Lipinski definition) is 5. The zero-order chi connectivity index (χ0) is 17.4. The molecular weight excluding hydrogens is 324 g/mol. The molecule has 23 heavy (non-hydrogen) atoms. The van der Waals surface area contributed by atoms with Gasteiger partial charge in [0.1, 0.15) is 18.0 Å². The Morgan fingerprint density at radius 1 is 1.17 bits per heavy atom. The summed E-state index contributed by atoms with van der Waals surface area (Å²) in [5.74, 6) is 0.131. The number of anilines is 1. The van der Waals surface area contributed by atoms with Crippen molar-refractivity contribution in [3.8, 4) is 11.5 Å². The monoisotopic (exact) mass is 344 g/mol. The van der Waals surface area contributed by atoms with E-state index in [2.05, 4.69) is 5.32 Å². The molecule has 0 bridgehead atoms. The maximum atomic E-state index is 12.0. The Hall–Kier alpha value is -1.99. The lowest BCUT2D eigenvalue weighted by Gasteiger charge is -2.23. The second-order valence-corrected chi connectivity index (χ2v) is 5.01. The lowest BCUT2D eigenvalue weighted by molar-refractivity contribution is -0.123. The first-order valence-corrected chi connectivity index (χ1v) is 7.27. The van der Waals surface area contributed by atoms with Crippen LogP contribution in [0.5, 0.6) is 11.5 Å². The molecule has 0 saturated carbocycles. The molecule has 2 amide bonds. The molecule has 0 aromatic heterocycles. The van der Waals surface area contributed by atoms with Gasteiger partial charge in [0.2, 0.25) is 11.8 Å². The molecule has 1 aromatic rings. The molecule has 0 aliphatic carbocycles. The lowest BCUT2D eigenvalue weighted by Crippen LogP contribution is -2.41. The van der Waals surface area contributed by atoms with Gasteiger partial charge in [0.05, 0.1) is 31.5 Å². The van der Waals surface area contributed by atoms with Crippen LogP contribution in [0.3, 0.4) is 0 Å². The second kappa shape index (κ2) is 9.22. The van der Waals surface area contributed by atoms with Crippen LogP contribution >= 0.6 is 11.6 Å². The Morgan fingerprint density at radius 3 is 2.35 bits per heavy atom. The summed E-state index contributed by atoms with van der Waals surface area (Å²) in [6.45, 7) is 1.97. The standard InChI is InChI=1S/C15H21ClN2O5/c1-10(19)18(9-15(20)17-5-6-21-2)12-8-13(22-3)11(16)7-14(12)23-4/h7-8H,5-6,9H2,1-4H3,(H,17,20). The van der Waals surface area contributed by atoms with Gasteiger partial charge in [-0.1, -0.05) is 11.6 Å². The minimum Gasteiger partial charge on any atom is -0.495 e. The van der Waals surface area contributed by atoms with Gasteiger partial charge in [-0.05, 0) is 0 Å². The summed E-state index contributed by atoms with van der Waals surface area (Å²) in [6.07, 6.45) is 0. The third kappa shape index (κ3) is 5.30. The van der Waals surface area contributed by atoms with Gasteiger partial charge in [0.15, 0.2) is 0 Å². The molecule has 0 heterocycles. The number of nitrogens with zero attached hydrogens (tertiary/aromatic N) is 1. The maximum Gasteiger partial charge on any atom is 0.240 e.